The van der Waals surface area contributed by atoms with Gasteiger partial charge in [0.25, 0.3) is 0 Å². The van der Waals surface area contributed by atoms with Crippen LogP contribution in [-0.2, 0) is 28.6 Å². The van der Waals surface area contributed by atoms with Gasteiger partial charge in [-0.2, -0.15) is 0 Å². The van der Waals surface area contributed by atoms with Crippen LogP contribution in [0.5, 0.6) is 0 Å². The van der Waals surface area contributed by atoms with Gasteiger partial charge >= 0.3 is 17.9 Å². The molecule has 0 aromatic rings. The Bertz CT molecular complexity index is 1370. The van der Waals surface area contributed by atoms with Crippen LogP contribution in [0.25, 0.3) is 0 Å². The average Bonchev–Trinajstić information content (AvgIpc) is 3.28. The topological polar surface area (TPSA) is 78.9 Å². The van der Waals surface area contributed by atoms with Crippen LogP contribution in [0.2, 0.25) is 0 Å². The monoisotopic (exact) mass is 871 g/mol. The quantitative estimate of drug-likeness (QED) is 0.0200. The molecule has 0 saturated heterocycles. The second kappa shape index (κ2) is 50.5. The third kappa shape index (κ3) is 48.7. The van der Waals surface area contributed by atoms with E-state index < -0.39 is 6.10 Å². The van der Waals surface area contributed by atoms with Crippen molar-refractivity contribution in [1.29, 1.82) is 0 Å². The molecule has 0 saturated carbocycles. The molecule has 354 valence electrons. The summed E-state index contributed by atoms with van der Waals surface area (Å²) < 4.78 is 16.7. The Balaban J connectivity index is 4.54. The molecule has 0 radical (unpaired) electrons. The van der Waals surface area contributed by atoms with Crippen molar-refractivity contribution < 1.29 is 28.6 Å². The lowest BCUT2D eigenvalue weighted by Crippen LogP contribution is -2.30. The fourth-order valence-electron chi connectivity index (χ4n) is 6.36. The Kier molecular flexibility index (Phi) is 47.1. The van der Waals surface area contributed by atoms with E-state index in [2.05, 4.69) is 69.4 Å². The number of hydrogen-bond donors (Lipinski definition) is 0. The van der Waals surface area contributed by atoms with Crippen LogP contribution in [0.1, 0.15) is 201 Å². The van der Waals surface area contributed by atoms with Gasteiger partial charge in [0.05, 0.1) is 0 Å². The molecule has 0 aliphatic rings. The number of allylic oxidation sites excluding steroid dienone is 20. The normalized spacial score (nSPS) is 13.1. The Morgan fingerprint density at radius 2 is 0.667 bits per heavy atom. The minimum absolute atomic E-state index is 0.114. The van der Waals surface area contributed by atoms with E-state index in [0.717, 1.165) is 109 Å². The Hall–Kier alpha value is -4.19. The van der Waals surface area contributed by atoms with E-state index >= 15 is 0 Å². The number of rotatable bonds is 43. The summed E-state index contributed by atoms with van der Waals surface area (Å²) in [6.07, 6.45) is 68.9. The molecule has 0 rings (SSSR count). The molecule has 0 heterocycles. The molecule has 1 atom stereocenters. The van der Waals surface area contributed by atoms with Gasteiger partial charge in [-0.15, -0.1) is 0 Å². The molecule has 6 nitrogen and oxygen atoms in total. The standard InChI is InChI=1S/C57H90O6/c1-4-7-10-13-16-19-22-25-27-28-29-30-33-35-38-41-44-47-50-56(59)62-53-54(52-61-55(58)49-46-43-40-37-34-31-24-21-18-15-12-9-6-3)63-57(60)51-48-45-42-39-36-32-26-23-20-17-14-11-8-5-2/h9-10,12-13,15-16,18-19,21-22,24-25,27-32,34,36,54H,4-8,11,14,17,20,23,26,33,35,37-53H2,1-3H3/b12-9+,13-10+,18-15+,19-16+,24-21+,25-22+,28-27+,30-29+,34-31+,36-32+. The molecule has 0 fully saturated rings. The summed E-state index contributed by atoms with van der Waals surface area (Å²) in [6, 6.07) is 0. The summed E-state index contributed by atoms with van der Waals surface area (Å²) in [5.74, 6) is -1.00. The van der Waals surface area contributed by atoms with Crippen molar-refractivity contribution in [3.63, 3.8) is 0 Å². The highest BCUT2D eigenvalue weighted by molar-refractivity contribution is 5.71. The van der Waals surface area contributed by atoms with Crippen molar-refractivity contribution in [2.45, 2.75) is 207 Å². The molecule has 0 aromatic heterocycles. The Morgan fingerprint density at radius 3 is 1.10 bits per heavy atom. The van der Waals surface area contributed by atoms with E-state index in [4.69, 9.17) is 14.2 Å². The van der Waals surface area contributed by atoms with Crippen molar-refractivity contribution in [3.8, 4) is 0 Å². The molecule has 1 unspecified atom stereocenters. The first-order valence-electron chi connectivity index (χ1n) is 25.2. The van der Waals surface area contributed by atoms with Gasteiger partial charge in [-0.05, 0) is 83.5 Å². The number of carbonyl (C=O) groups excluding carboxylic acids is 3. The lowest BCUT2D eigenvalue weighted by molar-refractivity contribution is -0.167. The number of carbonyl (C=O) groups is 3. The van der Waals surface area contributed by atoms with Crippen LogP contribution in [0.4, 0.5) is 0 Å². The Morgan fingerprint density at radius 1 is 0.333 bits per heavy atom. The predicted molar refractivity (Wildman–Crippen MR) is 269 cm³/mol. The second-order valence-corrected chi connectivity index (χ2v) is 16.2. The molecular formula is C57H90O6. The van der Waals surface area contributed by atoms with Crippen LogP contribution < -0.4 is 0 Å². The van der Waals surface area contributed by atoms with Gasteiger partial charge in [-0.3, -0.25) is 14.4 Å². The fourth-order valence-corrected chi connectivity index (χ4v) is 6.36. The number of unbranched alkanes of at least 4 members (excludes halogenated alkanes) is 19. The third-order valence-electron chi connectivity index (χ3n) is 10.1. The lowest BCUT2D eigenvalue weighted by atomic mass is 10.1. The van der Waals surface area contributed by atoms with Crippen molar-refractivity contribution in [3.05, 3.63) is 122 Å². The zero-order valence-electron chi connectivity index (χ0n) is 40.3. The van der Waals surface area contributed by atoms with Crippen molar-refractivity contribution in [2.24, 2.45) is 0 Å². The average molecular weight is 871 g/mol. The highest BCUT2D eigenvalue weighted by atomic mass is 16.6. The molecule has 0 N–H and O–H groups in total. The second-order valence-electron chi connectivity index (χ2n) is 16.2. The number of hydrogen-bond acceptors (Lipinski definition) is 6. The highest BCUT2D eigenvalue weighted by Gasteiger charge is 2.19. The maximum atomic E-state index is 12.8. The molecule has 0 aliphatic carbocycles. The fraction of sp³-hybridized carbons (Fsp3) is 0.596. The smallest absolute Gasteiger partial charge is 0.306 e. The summed E-state index contributed by atoms with van der Waals surface area (Å²) in [7, 11) is 0. The minimum Gasteiger partial charge on any atom is -0.462 e. The van der Waals surface area contributed by atoms with Gasteiger partial charge in [0, 0.05) is 19.3 Å². The van der Waals surface area contributed by atoms with Gasteiger partial charge in [0.15, 0.2) is 6.10 Å². The van der Waals surface area contributed by atoms with Crippen LogP contribution >= 0.6 is 0 Å². The van der Waals surface area contributed by atoms with Crippen molar-refractivity contribution in [2.75, 3.05) is 13.2 Å². The first-order valence-corrected chi connectivity index (χ1v) is 25.2. The van der Waals surface area contributed by atoms with Gasteiger partial charge in [0.2, 0.25) is 0 Å². The predicted octanol–water partition coefficient (Wildman–Crippen LogP) is 16.5. The van der Waals surface area contributed by atoms with E-state index in [1.807, 2.05) is 72.9 Å². The molecule has 6 heteroatoms. The van der Waals surface area contributed by atoms with Crippen LogP contribution in [0.15, 0.2) is 122 Å². The Labute approximate surface area is 386 Å². The van der Waals surface area contributed by atoms with E-state index in [9.17, 15) is 14.4 Å². The molecule has 0 bridgehead atoms. The molecule has 0 aliphatic heterocycles. The summed E-state index contributed by atoms with van der Waals surface area (Å²) >= 11 is 0. The maximum Gasteiger partial charge on any atom is 0.306 e. The van der Waals surface area contributed by atoms with Gasteiger partial charge in [-0.25, -0.2) is 0 Å². The van der Waals surface area contributed by atoms with E-state index in [0.29, 0.717) is 12.8 Å². The zero-order chi connectivity index (χ0) is 45.8. The summed E-state index contributed by atoms with van der Waals surface area (Å²) in [5, 5.41) is 0. The van der Waals surface area contributed by atoms with E-state index in [-0.39, 0.29) is 37.5 Å². The molecule has 0 spiro atoms. The lowest BCUT2D eigenvalue weighted by Gasteiger charge is -2.18. The molecule has 0 aromatic carbocycles. The van der Waals surface area contributed by atoms with Crippen LogP contribution in [0.3, 0.4) is 0 Å². The van der Waals surface area contributed by atoms with E-state index in [1.165, 1.54) is 51.4 Å². The molecular weight excluding hydrogens is 781 g/mol. The van der Waals surface area contributed by atoms with Gasteiger partial charge in [0.1, 0.15) is 13.2 Å². The largest absolute Gasteiger partial charge is 0.462 e. The maximum absolute atomic E-state index is 12.8. The number of esters is 3. The number of ether oxygens (including phenoxy) is 3. The van der Waals surface area contributed by atoms with E-state index in [1.54, 1.807) is 0 Å². The van der Waals surface area contributed by atoms with Crippen LogP contribution in [0, 0.1) is 0 Å². The first-order chi connectivity index (χ1) is 31.0. The summed E-state index contributed by atoms with van der Waals surface area (Å²) in [4.78, 5) is 37.9. The summed E-state index contributed by atoms with van der Waals surface area (Å²) in [5.41, 5.74) is 0. The summed E-state index contributed by atoms with van der Waals surface area (Å²) in [6.45, 7) is 6.31. The molecule has 0 amide bonds. The van der Waals surface area contributed by atoms with Crippen molar-refractivity contribution in [1.82, 2.24) is 0 Å². The van der Waals surface area contributed by atoms with Gasteiger partial charge < -0.3 is 14.2 Å². The minimum atomic E-state index is -0.816. The zero-order valence-corrected chi connectivity index (χ0v) is 40.3. The van der Waals surface area contributed by atoms with Crippen LogP contribution in [-0.4, -0.2) is 37.2 Å². The third-order valence-corrected chi connectivity index (χ3v) is 10.1. The SMILES string of the molecule is CC/C=C/C=C/C=C/C=C/CCCCCC(=O)OCC(COC(=O)CCCCCCC/C=C/C=C/C=C/C=C/C=C/CCC)OC(=O)CCCCC/C=C/CCCCCCCCC. The van der Waals surface area contributed by atoms with Crippen molar-refractivity contribution >= 4 is 17.9 Å². The highest BCUT2D eigenvalue weighted by Crippen LogP contribution is 2.13. The molecule has 63 heavy (non-hydrogen) atoms. The van der Waals surface area contributed by atoms with Gasteiger partial charge in [-0.1, -0.05) is 219 Å². The first kappa shape index (κ1) is 58.8.